The molecule has 1 aromatic heterocycles. The van der Waals surface area contributed by atoms with Crippen LogP contribution in [0.4, 0.5) is 0 Å². The van der Waals surface area contributed by atoms with Crippen LogP contribution in [0.2, 0.25) is 0 Å². The van der Waals surface area contributed by atoms with Gasteiger partial charge < -0.3 is 0 Å². The number of aromatic nitrogens is 1. The van der Waals surface area contributed by atoms with Crippen LogP contribution in [-0.2, 0) is 0 Å². The summed E-state index contributed by atoms with van der Waals surface area (Å²) in [6, 6.07) is 33.8. The highest BCUT2D eigenvalue weighted by atomic mass is 16.1. The van der Waals surface area contributed by atoms with Gasteiger partial charge in [-0.3, -0.25) is 4.79 Å². The van der Waals surface area contributed by atoms with E-state index in [1.54, 1.807) is 0 Å². The molecule has 4 aromatic carbocycles. The van der Waals surface area contributed by atoms with Crippen LogP contribution >= 0.6 is 0 Å². The Morgan fingerprint density at radius 3 is 2.11 bits per heavy atom. The van der Waals surface area contributed by atoms with E-state index in [4.69, 9.17) is 4.98 Å². The lowest BCUT2D eigenvalue weighted by molar-refractivity contribution is 0.103. The van der Waals surface area contributed by atoms with Crippen LogP contribution in [0.5, 0.6) is 0 Å². The Labute approximate surface area is 163 Å². The highest BCUT2D eigenvalue weighted by Gasteiger charge is 2.16. The van der Waals surface area contributed by atoms with Gasteiger partial charge in [0.1, 0.15) is 5.69 Å². The summed E-state index contributed by atoms with van der Waals surface area (Å²) >= 11 is 0. The number of fused-ring (bicyclic) bond motifs is 3. The third-order valence-corrected chi connectivity index (χ3v) is 5.06. The van der Waals surface area contributed by atoms with Crippen molar-refractivity contribution in [2.24, 2.45) is 0 Å². The number of nitrogens with zero attached hydrogens (tertiary/aromatic N) is 1. The molecule has 0 saturated heterocycles. The van der Waals surface area contributed by atoms with Crippen LogP contribution in [0.15, 0.2) is 103 Å². The lowest BCUT2D eigenvalue weighted by atomic mass is 9.95. The van der Waals surface area contributed by atoms with E-state index in [2.05, 4.69) is 36.4 Å². The van der Waals surface area contributed by atoms with E-state index in [9.17, 15) is 4.79 Å². The molecule has 0 unspecified atom stereocenters. The maximum absolute atomic E-state index is 13.1. The molecule has 0 aliphatic heterocycles. The minimum atomic E-state index is -0.0624. The molecule has 2 nitrogen and oxygen atoms in total. The summed E-state index contributed by atoms with van der Waals surface area (Å²) in [4.78, 5) is 18.0. The topological polar surface area (TPSA) is 30.0 Å². The summed E-state index contributed by atoms with van der Waals surface area (Å²) in [7, 11) is 0. The summed E-state index contributed by atoms with van der Waals surface area (Å²) in [5.41, 5.74) is 4.07. The molecule has 0 amide bonds. The Morgan fingerprint density at radius 2 is 1.32 bits per heavy atom. The van der Waals surface area contributed by atoms with Gasteiger partial charge >= 0.3 is 0 Å². The Balaban J connectivity index is 1.84. The Kier molecular flexibility index (Phi) is 3.95. The molecule has 1 heterocycles. The number of benzene rings is 4. The smallest absolute Gasteiger partial charge is 0.211 e. The van der Waals surface area contributed by atoms with Gasteiger partial charge in [0, 0.05) is 16.3 Å². The van der Waals surface area contributed by atoms with Gasteiger partial charge in [-0.2, -0.15) is 0 Å². The minimum absolute atomic E-state index is 0.0624. The molecule has 5 aromatic rings. The predicted molar refractivity (Wildman–Crippen MR) is 115 cm³/mol. The molecule has 0 aliphatic rings. The molecule has 132 valence electrons. The second-order valence-corrected chi connectivity index (χ2v) is 6.80. The Hall–Kier alpha value is -3.78. The van der Waals surface area contributed by atoms with Crippen molar-refractivity contribution in [3.05, 3.63) is 114 Å². The third-order valence-electron chi connectivity index (χ3n) is 5.06. The number of ketones is 1. The van der Waals surface area contributed by atoms with Gasteiger partial charge in [-0.15, -0.1) is 0 Å². The molecule has 2 heteroatoms. The summed E-state index contributed by atoms with van der Waals surface area (Å²) in [5, 5.41) is 3.22. The van der Waals surface area contributed by atoms with E-state index in [0.717, 1.165) is 32.8 Å². The minimum Gasteiger partial charge on any atom is -0.287 e. The number of rotatable bonds is 3. The Morgan fingerprint density at radius 1 is 0.643 bits per heavy atom. The van der Waals surface area contributed by atoms with Crippen molar-refractivity contribution in [3.8, 4) is 11.1 Å². The van der Waals surface area contributed by atoms with Gasteiger partial charge in [0.2, 0.25) is 5.78 Å². The van der Waals surface area contributed by atoms with E-state index in [1.807, 2.05) is 66.7 Å². The molecule has 0 radical (unpaired) electrons. The summed E-state index contributed by atoms with van der Waals surface area (Å²) in [5.74, 6) is -0.0624. The van der Waals surface area contributed by atoms with Crippen molar-refractivity contribution in [2.75, 3.05) is 0 Å². The number of hydrogen-bond acceptors (Lipinski definition) is 2. The zero-order valence-corrected chi connectivity index (χ0v) is 15.2. The molecule has 0 N–H and O–H groups in total. The van der Waals surface area contributed by atoms with Crippen molar-refractivity contribution < 1.29 is 4.79 Å². The molecule has 0 spiro atoms. The van der Waals surface area contributed by atoms with Crippen LogP contribution in [0, 0.1) is 0 Å². The van der Waals surface area contributed by atoms with Gasteiger partial charge in [0.05, 0.1) is 5.52 Å². The van der Waals surface area contributed by atoms with Gasteiger partial charge in [0.25, 0.3) is 0 Å². The molecule has 0 fully saturated rings. The fourth-order valence-electron chi connectivity index (χ4n) is 3.67. The standard InChI is InChI=1S/C26H17NO/c28-26(20-12-5-2-6-13-20)24-17-23(18-9-3-1-4-10-18)22-16-15-19-11-7-8-14-21(19)25(22)27-24/h1-17H. The number of hydrogen-bond donors (Lipinski definition) is 0. The zero-order chi connectivity index (χ0) is 18.9. The summed E-state index contributed by atoms with van der Waals surface area (Å²) in [6.45, 7) is 0. The van der Waals surface area contributed by atoms with Crippen LogP contribution in [-0.4, -0.2) is 10.8 Å². The van der Waals surface area contributed by atoms with Crippen molar-refractivity contribution in [2.45, 2.75) is 0 Å². The predicted octanol–water partition coefficient (Wildman–Crippen LogP) is 6.29. The molecule has 0 aliphatic carbocycles. The first-order valence-corrected chi connectivity index (χ1v) is 9.29. The molecule has 0 atom stereocenters. The number of pyridine rings is 1. The average molecular weight is 359 g/mol. The maximum Gasteiger partial charge on any atom is 0.211 e. The maximum atomic E-state index is 13.1. The van der Waals surface area contributed by atoms with Crippen molar-refractivity contribution >= 4 is 27.5 Å². The number of carbonyl (C=O) groups excluding carboxylic acids is 1. The van der Waals surface area contributed by atoms with Crippen molar-refractivity contribution in [1.82, 2.24) is 4.98 Å². The molecule has 0 saturated carbocycles. The first-order valence-electron chi connectivity index (χ1n) is 9.29. The van der Waals surface area contributed by atoms with Gasteiger partial charge in [0.15, 0.2) is 0 Å². The van der Waals surface area contributed by atoms with Crippen molar-refractivity contribution in [3.63, 3.8) is 0 Å². The normalized spacial score (nSPS) is 11.0. The van der Waals surface area contributed by atoms with E-state index in [1.165, 1.54) is 0 Å². The van der Waals surface area contributed by atoms with Crippen LogP contribution in [0.3, 0.4) is 0 Å². The van der Waals surface area contributed by atoms with Gasteiger partial charge in [-0.1, -0.05) is 97.1 Å². The van der Waals surface area contributed by atoms with Crippen LogP contribution in [0.1, 0.15) is 16.1 Å². The van der Waals surface area contributed by atoms with Gasteiger partial charge in [-0.05, 0) is 22.6 Å². The Bertz CT molecular complexity index is 1310. The fraction of sp³-hybridized carbons (Fsp3) is 0. The fourth-order valence-corrected chi connectivity index (χ4v) is 3.67. The van der Waals surface area contributed by atoms with E-state index < -0.39 is 0 Å². The monoisotopic (exact) mass is 359 g/mol. The van der Waals surface area contributed by atoms with E-state index >= 15 is 0 Å². The highest BCUT2D eigenvalue weighted by molar-refractivity contribution is 6.14. The van der Waals surface area contributed by atoms with Crippen LogP contribution in [0.25, 0.3) is 32.8 Å². The second kappa shape index (κ2) is 6.75. The summed E-state index contributed by atoms with van der Waals surface area (Å²) in [6.07, 6.45) is 0. The highest BCUT2D eigenvalue weighted by Crippen LogP contribution is 2.33. The largest absolute Gasteiger partial charge is 0.287 e. The molecular weight excluding hydrogens is 342 g/mol. The van der Waals surface area contributed by atoms with E-state index in [0.29, 0.717) is 11.3 Å². The van der Waals surface area contributed by atoms with Gasteiger partial charge in [-0.25, -0.2) is 4.98 Å². The van der Waals surface area contributed by atoms with Crippen molar-refractivity contribution in [1.29, 1.82) is 0 Å². The number of carbonyl (C=O) groups is 1. The SMILES string of the molecule is O=C(c1ccccc1)c1cc(-c2ccccc2)c2ccc3ccccc3c2n1. The summed E-state index contributed by atoms with van der Waals surface area (Å²) < 4.78 is 0. The lowest BCUT2D eigenvalue weighted by Gasteiger charge is -2.12. The van der Waals surface area contributed by atoms with Crippen LogP contribution < -0.4 is 0 Å². The first-order chi connectivity index (χ1) is 13.8. The molecular formula is C26H17NO. The quantitative estimate of drug-likeness (QED) is 0.280. The third kappa shape index (κ3) is 2.76. The molecule has 28 heavy (non-hydrogen) atoms. The second-order valence-electron chi connectivity index (χ2n) is 6.80. The average Bonchev–Trinajstić information content (AvgIpc) is 2.79. The first kappa shape index (κ1) is 16.4. The van der Waals surface area contributed by atoms with E-state index in [-0.39, 0.29) is 5.78 Å². The zero-order valence-electron chi connectivity index (χ0n) is 15.2. The lowest BCUT2D eigenvalue weighted by Crippen LogP contribution is -2.05. The molecule has 0 bridgehead atoms. The molecule has 5 rings (SSSR count).